The molecule has 0 amide bonds. The zero-order chi connectivity index (χ0) is 11.8. The first kappa shape index (κ1) is 13.2. The van der Waals surface area contributed by atoms with Crippen molar-refractivity contribution in [1.82, 2.24) is 5.32 Å². The Kier molecular flexibility index (Phi) is 6.08. The second-order valence-electron chi connectivity index (χ2n) is 4.07. The lowest BCUT2D eigenvalue weighted by atomic mass is 10.1. The van der Waals surface area contributed by atoms with Crippen LogP contribution in [0.2, 0.25) is 0 Å². The molecule has 3 nitrogen and oxygen atoms in total. The molecule has 2 N–H and O–H groups in total. The lowest BCUT2D eigenvalue weighted by Crippen LogP contribution is -2.20. The fraction of sp³-hybridized carbons (Fsp3) is 0.538. The Morgan fingerprint density at radius 2 is 1.81 bits per heavy atom. The minimum absolute atomic E-state index is 0.107. The molecule has 1 aromatic rings. The van der Waals surface area contributed by atoms with Crippen molar-refractivity contribution in [3.63, 3.8) is 0 Å². The van der Waals surface area contributed by atoms with E-state index in [4.69, 9.17) is 9.84 Å². The number of nitrogens with one attached hydrogen (secondary N) is 1. The first-order chi connectivity index (χ1) is 7.72. The summed E-state index contributed by atoms with van der Waals surface area (Å²) < 4.78 is 5.42. The molecule has 0 heterocycles. The summed E-state index contributed by atoms with van der Waals surface area (Å²) in [4.78, 5) is 0. The summed E-state index contributed by atoms with van der Waals surface area (Å²) >= 11 is 0. The van der Waals surface area contributed by atoms with E-state index < -0.39 is 0 Å². The molecule has 0 saturated carbocycles. The van der Waals surface area contributed by atoms with Gasteiger partial charge in [-0.05, 0) is 25.0 Å². The van der Waals surface area contributed by atoms with E-state index in [2.05, 4.69) is 5.32 Å². The molecule has 0 atom stereocenters. The molecule has 1 rings (SSSR count). The van der Waals surface area contributed by atoms with Crippen molar-refractivity contribution in [2.24, 2.45) is 0 Å². The molecular weight excluding hydrogens is 202 g/mol. The van der Waals surface area contributed by atoms with Gasteiger partial charge in [-0.15, -0.1) is 0 Å². The summed E-state index contributed by atoms with van der Waals surface area (Å²) in [5.74, 6) is 0. The van der Waals surface area contributed by atoms with Crippen molar-refractivity contribution >= 4 is 0 Å². The van der Waals surface area contributed by atoms with Gasteiger partial charge in [-0.25, -0.2) is 0 Å². The third kappa shape index (κ3) is 5.26. The molecule has 1 aromatic carbocycles. The highest BCUT2D eigenvalue weighted by Crippen LogP contribution is 2.03. The van der Waals surface area contributed by atoms with Crippen LogP contribution in [0.4, 0.5) is 0 Å². The molecule has 0 aromatic heterocycles. The van der Waals surface area contributed by atoms with Gasteiger partial charge in [0.2, 0.25) is 0 Å². The van der Waals surface area contributed by atoms with Crippen LogP contribution in [0.25, 0.3) is 0 Å². The smallest absolute Gasteiger partial charge is 0.0681 e. The van der Waals surface area contributed by atoms with Crippen molar-refractivity contribution in [2.45, 2.75) is 33.1 Å². The number of ether oxygens (including phenoxy) is 1. The van der Waals surface area contributed by atoms with E-state index in [1.54, 1.807) is 0 Å². The fourth-order valence-electron chi connectivity index (χ4n) is 1.36. The Morgan fingerprint density at radius 1 is 1.19 bits per heavy atom. The summed E-state index contributed by atoms with van der Waals surface area (Å²) in [7, 11) is 0. The lowest BCUT2D eigenvalue weighted by Gasteiger charge is -2.08. The van der Waals surface area contributed by atoms with E-state index >= 15 is 0 Å². The van der Waals surface area contributed by atoms with E-state index in [-0.39, 0.29) is 6.61 Å². The monoisotopic (exact) mass is 223 g/mol. The normalized spacial score (nSPS) is 11.0. The Balaban J connectivity index is 2.16. The number of rotatable bonds is 7. The number of aliphatic hydroxyl groups excluding tert-OH is 1. The molecule has 0 fully saturated rings. The highest BCUT2D eigenvalue weighted by molar-refractivity contribution is 5.21. The van der Waals surface area contributed by atoms with Crippen LogP contribution in [0.3, 0.4) is 0 Å². The molecule has 0 spiro atoms. The van der Waals surface area contributed by atoms with Gasteiger partial charge in [0.25, 0.3) is 0 Å². The van der Waals surface area contributed by atoms with E-state index in [0.717, 1.165) is 25.3 Å². The van der Waals surface area contributed by atoms with Crippen LogP contribution in [-0.2, 0) is 17.9 Å². The summed E-state index contributed by atoms with van der Waals surface area (Å²) in [5, 5.41) is 12.2. The van der Waals surface area contributed by atoms with E-state index in [9.17, 15) is 0 Å². The van der Waals surface area contributed by atoms with E-state index in [1.165, 1.54) is 5.56 Å². The predicted molar refractivity (Wildman–Crippen MR) is 65.2 cm³/mol. The molecule has 0 aliphatic carbocycles. The summed E-state index contributed by atoms with van der Waals surface area (Å²) in [6.45, 7) is 6.62. The predicted octanol–water partition coefficient (Wildman–Crippen LogP) is 1.69. The van der Waals surface area contributed by atoms with Crippen LogP contribution < -0.4 is 5.32 Å². The van der Waals surface area contributed by atoms with Gasteiger partial charge in [0.1, 0.15) is 0 Å². The molecule has 90 valence electrons. The number of benzene rings is 1. The maximum Gasteiger partial charge on any atom is 0.0681 e. The molecule has 0 radical (unpaired) electrons. The van der Waals surface area contributed by atoms with Gasteiger partial charge in [0.05, 0.1) is 19.3 Å². The first-order valence-corrected chi connectivity index (χ1v) is 5.73. The highest BCUT2D eigenvalue weighted by atomic mass is 16.5. The second kappa shape index (κ2) is 7.39. The van der Waals surface area contributed by atoms with Crippen LogP contribution >= 0.6 is 0 Å². The van der Waals surface area contributed by atoms with Crippen LogP contribution in [0.1, 0.15) is 25.0 Å². The van der Waals surface area contributed by atoms with Gasteiger partial charge in [0.15, 0.2) is 0 Å². The third-order valence-corrected chi connectivity index (χ3v) is 2.26. The molecule has 3 heteroatoms. The van der Waals surface area contributed by atoms with Gasteiger partial charge in [0, 0.05) is 13.1 Å². The molecule has 0 unspecified atom stereocenters. The lowest BCUT2D eigenvalue weighted by molar-refractivity contribution is 0.0807. The fourth-order valence-corrected chi connectivity index (χ4v) is 1.36. The largest absolute Gasteiger partial charge is 0.392 e. The van der Waals surface area contributed by atoms with E-state index in [1.807, 2.05) is 38.1 Å². The van der Waals surface area contributed by atoms with Crippen molar-refractivity contribution in [3.8, 4) is 0 Å². The maximum absolute atomic E-state index is 8.89. The van der Waals surface area contributed by atoms with Crippen LogP contribution in [0.15, 0.2) is 24.3 Å². The quantitative estimate of drug-likeness (QED) is 0.691. The van der Waals surface area contributed by atoms with Crippen LogP contribution in [0.5, 0.6) is 0 Å². The van der Waals surface area contributed by atoms with Gasteiger partial charge < -0.3 is 15.2 Å². The number of aliphatic hydroxyl groups is 1. The van der Waals surface area contributed by atoms with Crippen LogP contribution in [0, 0.1) is 0 Å². The number of hydrogen-bond donors (Lipinski definition) is 2. The van der Waals surface area contributed by atoms with Crippen molar-refractivity contribution in [3.05, 3.63) is 35.4 Å². The average molecular weight is 223 g/mol. The average Bonchev–Trinajstić information content (AvgIpc) is 2.29. The first-order valence-electron chi connectivity index (χ1n) is 5.73. The molecule has 0 bridgehead atoms. The zero-order valence-electron chi connectivity index (χ0n) is 10.1. The minimum Gasteiger partial charge on any atom is -0.392 e. The number of hydrogen-bond acceptors (Lipinski definition) is 3. The molecule has 0 saturated heterocycles. The SMILES string of the molecule is CC(C)OCCNCc1ccc(CO)cc1. The van der Waals surface area contributed by atoms with Gasteiger partial charge in [-0.2, -0.15) is 0 Å². The van der Waals surface area contributed by atoms with Crippen molar-refractivity contribution < 1.29 is 9.84 Å². The van der Waals surface area contributed by atoms with Gasteiger partial charge in [-0.3, -0.25) is 0 Å². The maximum atomic E-state index is 8.89. The van der Waals surface area contributed by atoms with Crippen LogP contribution in [-0.4, -0.2) is 24.4 Å². The summed E-state index contributed by atoms with van der Waals surface area (Å²) in [6, 6.07) is 7.95. The Hall–Kier alpha value is -0.900. The van der Waals surface area contributed by atoms with Gasteiger partial charge >= 0.3 is 0 Å². The van der Waals surface area contributed by atoms with Crippen molar-refractivity contribution in [1.29, 1.82) is 0 Å². The Bertz CT molecular complexity index is 282. The molecule has 0 aliphatic rings. The Labute approximate surface area is 97.4 Å². The zero-order valence-corrected chi connectivity index (χ0v) is 10.1. The molecular formula is C13H21NO2. The minimum atomic E-state index is 0.107. The molecule has 16 heavy (non-hydrogen) atoms. The molecule has 0 aliphatic heterocycles. The summed E-state index contributed by atoms with van der Waals surface area (Å²) in [6.07, 6.45) is 0.297. The highest BCUT2D eigenvalue weighted by Gasteiger charge is 1.95. The topological polar surface area (TPSA) is 41.5 Å². The second-order valence-corrected chi connectivity index (χ2v) is 4.07. The third-order valence-electron chi connectivity index (χ3n) is 2.26. The standard InChI is InChI=1S/C13H21NO2/c1-11(2)16-8-7-14-9-12-3-5-13(10-15)6-4-12/h3-6,11,14-15H,7-10H2,1-2H3. The Morgan fingerprint density at radius 3 is 2.38 bits per heavy atom. The van der Waals surface area contributed by atoms with Gasteiger partial charge in [-0.1, -0.05) is 24.3 Å². The summed E-state index contributed by atoms with van der Waals surface area (Å²) in [5.41, 5.74) is 2.17. The van der Waals surface area contributed by atoms with Crippen molar-refractivity contribution in [2.75, 3.05) is 13.2 Å². The van der Waals surface area contributed by atoms with E-state index in [0.29, 0.717) is 6.10 Å².